The Bertz CT molecular complexity index is 395. The number of carboxylic acids is 1. The Morgan fingerprint density at radius 1 is 1.50 bits per heavy atom. The summed E-state index contributed by atoms with van der Waals surface area (Å²) in [4.78, 5) is 10.6. The number of methoxy groups -OCH3 is 1. The van der Waals surface area contributed by atoms with Crippen LogP contribution in [0.25, 0.3) is 0 Å². The minimum atomic E-state index is -1.37. The Kier molecular flexibility index (Phi) is 4.07. The van der Waals surface area contributed by atoms with Crippen LogP contribution in [0.3, 0.4) is 0 Å². The zero-order valence-electron chi connectivity index (χ0n) is 8.70. The van der Waals surface area contributed by atoms with E-state index < -0.39 is 17.3 Å². The standard InChI is InChI=1S/C10H12FNO4/c1-15-2-3-16-9-5-7(11)6(10(13)14)4-8(9)12/h4-5H,2-3,12H2,1H3,(H,13,14). The highest BCUT2D eigenvalue weighted by Crippen LogP contribution is 2.25. The molecule has 0 aliphatic heterocycles. The van der Waals surface area contributed by atoms with E-state index >= 15 is 0 Å². The van der Waals surface area contributed by atoms with Crippen LogP contribution in [0.1, 0.15) is 10.4 Å². The molecule has 1 aromatic carbocycles. The number of nitrogen functional groups attached to an aromatic ring is 1. The van der Waals surface area contributed by atoms with Gasteiger partial charge in [-0.1, -0.05) is 0 Å². The topological polar surface area (TPSA) is 81.8 Å². The SMILES string of the molecule is COCCOc1cc(F)c(C(=O)O)cc1N. The van der Waals surface area contributed by atoms with Gasteiger partial charge in [-0.3, -0.25) is 0 Å². The molecule has 0 fully saturated rings. The molecule has 0 heterocycles. The predicted octanol–water partition coefficient (Wildman–Crippen LogP) is 1.13. The van der Waals surface area contributed by atoms with E-state index in [1.54, 1.807) is 0 Å². The van der Waals surface area contributed by atoms with Gasteiger partial charge in [-0.2, -0.15) is 0 Å². The van der Waals surface area contributed by atoms with Crippen molar-refractivity contribution in [1.82, 2.24) is 0 Å². The van der Waals surface area contributed by atoms with Crippen LogP contribution < -0.4 is 10.5 Å². The van der Waals surface area contributed by atoms with E-state index in [2.05, 4.69) is 0 Å². The van der Waals surface area contributed by atoms with Crippen molar-refractivity contribution in [2.75, 3.05) is 26.1 Å². The monoisotopic (exact) mass is 229 g/mol. The number of carbonyl (C=O) groups is 1. The van der Waals surface area contributed by atoms with Crippen LogP contribution in [0.15, 0.2) is 12.1 Å². The zero-order valence-corrected chi connectivity index (χ0v) is 8.70. The summed E-state index contributed by atoms with van der Waals surface area (Å²) >= 11 is 0. The highest BCUT2D eigenvalue weighted by molar-refractivity contribution is 5.89. The smallest absolute Gasteiger partial charge is 0.338 e. The van der Waals surface area contributed by atoms with E-state index in [-0.39, 0.29) is 18.0 Å². The maximum absolute atomic E-state index is 13.2. The van der Waals surface area contributed by atoms with Crippen molar-refractivity contribution in [3.05, 3.63) is 23.5 Å². The van der Waals surface area contributed by atoms with Crippen LogP contribution in [0.5, 0.6) is 5.75 Å². The Balaban J connectivity index is 2.88. The Labute approximate surface area is 91.6 Å². The lowest BCUT2D eigenvalue weighted by Gasteiger charge is -2.09. The van der Waals surface area contributed by atoms with Crippen molar-refractivity contribution in [3.8, 4) is 5.75 Å². The van der Waals surface area contributed by atoms with Crippen molar-refractivity contribution in [2.45, 2.75) is 0 Å². The number of benzene rings is 1. The summed E-state index contributed by atoms with van der Waals surface area (Å²) in [5.74, 6) is -2.14. The normalized spacial score (nSPS) is 10.1. The summed E-state index contributed by atoms with van der Waals surface area (Å²) in [6.07, 6.45) is 0. The molecule has 0 radical (unpaired) electrons. The average Bonchev–Trinajstić information content (AvgIpc) is 2.22. The third-order valence-corrected chi connectivity index (χ3v) is 1.87. The van der Waals surface area contributed by atoms with Gasteiger partial charge < -0.3 is 20.3 Å². The molecule has 6 heteroatoms. The molecule has 0 bridgehead atoms. The van der Waals surface area contributed by atoms with E-state index in [0.29, 0.717) is 6.61 Å². The fourth-order valence-corrected chi connectivity index (χ4v) is 1.10. The fraction of sp³-hybridized carbons (Fsp3) is 0.300. The number of ether oxygens (including phenoxy) is 2. The molecule has 0 saturated carbocycles. The van der Waals surface area contributed by atoms with Crippen molar-refractivity contribution < 1.29 is 23.8 Å². The summed E-state index contributed by atoms with van der Waals surface area (Å²) in [6, 6.07) is 1.98. The van der Waals surface area contributed by atoms with Gasteiger partial charge in [-0.15, -0.1) is 0 Å². The number of hydrogen-bond acceptors (Lipinski definition) is 4. The van der Waals surface area contributed by atoms with Gasteiger partial charge in [0.1, 0.15) is 18.2 Å². The largest absolute Gasteiger partial charge is 0.489 e. The van der Waals surface area contributed by atoms with E-state index in [1.807, 2.05) is 0 Å². The second-order valence-electron chi connectivity index (χ2n) is 3.02. The first-order chi connectivity index (χ1) is 7.56. The van der Waals surface area contributed by atoms with Crippen LogP contribution in [-0.4, -0.2) is 31.4 Å². The first-order valence-electron chi connectivity index (χ1n) is 4.50. The van der Waals surface area contributed by atoms with Crippen LogP contribution >= 0.6 is 0 Å². The fourth-order valence-electron chi connectivity index (χ4n) is 1.10. The van der Waals surface area contributed by atoms with Gasteiger partial charge in [-0.05, 0) is 6.07 Å². The molecular weight excluding hydrogens is 217 g/mol. The maximum Gasteiger partial charge on any atom is 0.338 e. The third-order valence-electron chi connectivity index (χ3n) is 1.87. The van der Waals surface area contributed by atoms with E-state index in [1.165, 1.54) is 7.11 Å². The van der Waals surface area contributed by atoms with E-state index in [0.717, 1.165) is 12.1 Å². The molecule has 16 heavy (non-hydrogen) atoms. The quantitative estimate of drug-likeness (QED) is 0.584. The number of rotatable bonds is 5. The molecule has 3 N–H and O–H groups in total. The first kappa shape index (κ1) is 12.3. The molecule has 5 nitrogen and oxygen atoms in total. The van der Waals surface area contributed by atoms with Gasteiger partial charge in [-0.25, -0.2) is 9.18 Å². The van der Waals surface area contributed by atoms with Crippen LogP contribution in [-0.2, 0) is 4.74 Å². The summed E-state index contributed by atoms with van der Waals surface area (Å²) < 4.78 is 23.1. The van der Waals surface area contributed by atoms with Crippen molar-refractivity contribution in [3.63, 3.8) is 0 Å². The molecule has 0 aromatic heterocycles. The minimum Gasteiger partial charge on any atom is -0.489 e. The van der Waals surface area contributed by atoms with Crippen LogP contribution in [0, 0.1) is 5.82 Å². The van der Waals surface area contributed by atoms with Crippen molar-refractivity contribution in [1.29, 1.82) is 0 Å². The molecule has 0 amide bonds. The molecule has 0 spiro atoms. The van der Waals surface area contributed by atoms with Gasteiger partial charge in [0.25, 0.3) is 0 Å². The molecule has 1 aromatic rings. The molecule has 0 atom stereocenters. The average molecular weight is 229 g/mol. The van der Waals surface area contributed by atoms with Crippen molar-refractivity contribution >= 4 is 11.7 Å². The Morgan fingerprint density at radius 2 is 2.19 bits per heavy atom. The van der Waals surface area contributed by atoms with Gasteiger partial charge in [0.05, 0.1) is 17.9 Å². The molecule has 0 aliphatic rings. The second kappa shape index (κ2) is 5.32. The highest BCUT2D eigenvalue weighted by Gasteiger charge is 2.14. The van der Waals surface area contributed by atoms with Crippen molar-refractivity contribution in [2.24, 2.45) is 0 Å². The lowest BCUT2D eigenvalue weighted by atomic mass is 10.2. The Morgan fingerprint density at radius 3 is 2.75 bits per heavy atom. The highest BCUT2D eigenvalue weighted by atomic mass is 19.1. The Hall–Kier alpha value is -1.82. The summed E-state index contributed by atoms with van der Waals surface area (Å²) in [5, 5.41) is 8.64. The lowest BCUT2D eigenvalue weighted by molar-refractivity contribution is 0.0692. The lowest BCUT2D eigenvalue weighted by Crippen LogP contribution is -2.08. The van der Waals surface area contributed by atoms with E-state index in [4.69, 9.17) is 20.3 Å². The maximum atomic E-state index is 13.2. The molecule has 0 saturated heterocycles. The number of hydrogen-bond donors (Lipinski definition) is 2. The first-order valence-corrected chi connectivity index (χ1v) is 4.50. The van der Waals surface area contributed by atoms with Gasteiger partial charge in [0.15, 0.2) is 0 Å². The van der Waals surface area contributed by atoms with E-state index in [9.17, 15) is 9.18 Å². The molecule has 0 unspecified atom stereocenters. The molecule has 88 valence electrons. The van der Waals surface area contributed by atoms with Crippen LogP contribution in [0.4, 0.5) is 10.1 Å². The number of aromatic carboxylic acids is 1. The molecular formula is C10H12FNO4. The number of carboxylic acid groups (broad SMARTS) is 1. The van der Waals surface area contributed by atoms with Crippen LogP contribution in [0.2, 0.25) is 0 Å². The number of nitrogens with two attached hydrogens (primary N) is 1. The third kappa shape index (κ3) is 2.83. The number of halogens is 1. The predicted molar refractivity (Wildman–Crippen MR) is 55.1 cm³/mol. The minimum absolute atomic E-state index is 0.0786. The van der Waals surface area contributed by atoms with Gasteiger partial charge in [0.2, 0.25) is 0 Å². The molecule has 1 rings (SSSR count). The second-order valence-corrected chi connectivity index (χ2v) is 3.02. The van der Waals surface area contributed by atoms with Gasteiger partial charge in [0, 0.05) is 13.2 Å². The number of anilines is 1. The summed E-state index contributed by atoms with van der Waals surface area (Å²) in [5.41, 5.74) is 5.12. The van der Waals surface area contributed by atoms with Gasteiger partial charge >= 0.3 is 5.97 Å². The summed E-state index contributed by atoms with van der Waals surface area (Å²) in [6.45, 7) is 0.550. The zero-order chi connectivity index (χ0) is 12.1. The summed E-state index contributed by atoms with van der Waals surface area (Å²) in [7, 11) is 1.50. The molecule has 0 aliphatic carbocycles.